The van der Waals surface area contributed by atoms with Crippen LogP contribution in [0.2, 0.25) is 0 Å². The first kappa shape index (κ1) is 16.0. The summed E-state index contributed by atoms with van der Waals surface area (Å²) in [6.07, 6.45) is 3.28. The van der Waals surface area contributed by atoms with Crippen LogP contribution in [0.1, 0.15) is 24.2 Å². The van der Waals surface area contributed by atoms with Crippen LogP contribution in [0.4, 0.5) is 5.13 Å². The molecule has 1 fully saturated rings. The van der Waals surface area contributed by atoms with E-state index in [0.29, 0.717) is 11.7 Å². The number of aryl methyl sites for hydroxylation is 1. The summed E-state index contributed by atoms with van der Waals surface area (Å²) >= 11 is 1.44. The van der Waals surface area contributed by atoms with Crippen molar-refractivity contribution in [3.05, 3.63) is 35.5 Å². The molecule has 3 rings (SSSR count). The fraction of sp³-hybridized carbons (Fsp3) is 0.412. The van der Waals surface area contributed by atoms with E-state index in [9.17, 15) is 4.79 Å². The minimum atomic E-state index is -0.333. The minimum Gasteiger partial charge on any atom is -0.368 e. The smallest absolute Gasteiger partial charge is 0.255 e. The highest BCUT2D eigenvalue weighted by molar-refractivity contribution is 7.14. The van der Waals surface area contributed by atoms with Crippen molar-refractivity contribution in [3.63, 3.8) is 0 Å². The highest BCUT2D eigenvalue weighted by Crippen LogP contribution is 2.30. The molecule has 0 aromatic carbocycles. The zero-order valence-corrected chi connectivity index (χ0v) is 14.3. The second kappa shape index (κ2) is 6.68. The van der Waals surface area contributed by atoms with Crippen molar-refractivity contribution in [2.45, 2.75) is 39.3 Å². The lowest BCUT2D eigenvalue weighted by molar-refractivity contribution is -0.124. The largest absolute Gasteiger partial charge is 0.368 e. The van der Waals surface area contributed by atoms with Crippen molar-refractivity contribution >= 4 is 22.4 Å². The highest BCUT2D eigenvalue weighted by Gasteiger charge is 2.24. The van der Waals surface area contributed by atoms with Gasteiger partial charge in [-0.1, -0.05) is 6.08 Å². The van der Waals surface area contributed by atoms with Crippen LogP contribution in [0.5, 0.6) is 0 Å². The summed E-state index contributed by atoms with van der Waals surface area (Å²) in [6, 6.07) is 2.12. The fourth-order valence-corrected chi connectivity index (χ4v) is 3.61. The van der Waals surface area contributed by atoms with Gasteiger partial charge in [-0.05, 0) is 32.8 Å². The van der Waals surface area contributed by atoms with Gasteiger partial charge in [0.25, 0.3) is 5.91 Å². The lowest BCUT2D eigenvalue weighted by Gasteiger charge is -2.07. The third-order valence-corrected chi connectivity index (χ3v) is 4.88. The van der Waals surface area contributed by atoms with Crippen LogP contribution in [0.25, 0.3) is 11.3 Å². The molecule has 6 heteroatoms. The van der Waals surface area contributed by atoms with E-state index in [0.717, 1.165) is 36.3 Å². The highest BCUT2D eigenvalue weighted by atomic mass is 32.1. The summed E-state index contributed by atoms with van der Waals surface area (Å²) in [5.41, 5.74) is 4.32. The number of amides is 1. The van der Waals surface area contributed by atoms with Crippen molar-refractivity contribution in [1.82, 2.24) is 9.55 Å². The summed E-state index contributed by atoms with van der Waals surface area (Å²) in [5.74, 6) is -0.0967. The summed E-state index contributed by atoms with van der Waals surface area (Å²) in [6.45, 7) is 9.40. The molecule has 2 aromatic heterocycles. The van der Waals surface area contributed by atoms with Gasteiger partial charge in [0.15, 0.2) is 5.13 Å². The Morgan fingerprint density at radius 1 is 1.61 bits per heavy atom. The number of aromatic nitrogens is 2. The van der Waals surface area contributed by atoms with E-state index in [2.05, 4.69) is 41.4 Å². The van der Waals surface area contributed by atoms with E-state index in [-0.39, 0.29) is 12.0 Å². The molecule has 1 atom stereocenters. The molecule has 1 unspecified atom stereocenters. The number of anilines is 1. The molecule has 0 saturated carbocycles. The summed E-state index contributed by atoms with van der Waals surface area (Å²) in [5, 5.41) is 5.46. The maximum atomic E-state index is 12.1. The first-order valence-electron chi connectivity index (χ1n) is 7.76. The molecule has 23 heavy (non-hydrogen) atoms. The van der Waals surface area contributed by atoms with Gasteiger partial charge < -0.3 is 9.30 Å². The predicted octanol–water partition coefficient (Wildman–Crippen LogP) is 3.53. The van der Waals surface area contributed by atoms with E-state index in [1.807, 2.05) is 11.5 Å². The van der Waals surface area contributed by atoms with Gasteiger partial charge in [0, 0.05) is 35.5 Å². The SMILES string of the molecule is C=CCn1c(C)cc(-c2csc(NC(=O)C3CCCO3)n2)c1C. The second-order valence-corrected chi connectivity index (χ2v) is 6.57. The molecule has 1 N–H and O–H groups in total. The number of ether oxygens (including phenoxy) is 1. The number of rotatable bonds is 5. The Morgan fingerprint density at radius 3 is 3.13 bits per heavy atom. The van der Waals surface area contributed by atoms with Crippen LogP contribution in [-0.2, 0) is 16.1 Å². The topological polar surface area (TPSA) is 56.2 Å². The molecule has 1 aliphatic rings. The number of nitrogens with zero attached hydrogens (tertiary/aromatic N) is 2. The third-order valence-electron chi connectivity index (χ3n) is 4.12. The molecule has 2 aromatic rings. The summed E-state index contributed by atoms with van der Waals surface area (Å²) in [4.78, 5) is 16.6. The van der Waals surface area contributed by atoms with Gasteiger partial charge in [-0.15, -0.1) is 17.9 Å². The van der Waals surface area contributed by atoms with Crippen molar-refractivity contribution < 1.29 is 9.53 Å². The number of nitrogens with one attached hydrogen (secondary N) is 1. The second-order valence-electron chi connectivity index (χ2n) is 5.71. The molecule has 1 aliphatic heterocycles. The molecule has 1 amide bonds. The van der Waals surface area contributed by atoms with Crippen LogP contribution in [-0.4, -0.2) is 28.2 Å². The molecule has 1 saturated heterocycles. The third kappa shape index (κ3) is 3.23. The van der Waals surface area contributed by atoms with Gasteiger partial charge in [0.2, 0.25) is 0 Å². The summed E-state index contributed by atoms with van der Waals surface area (Å²) in [7, 11) is 0. The number of carbonyl (C=O) groups excluding carboxylic acids is 1. The molecule has 122 valence electrons. The Bertz CT molecular complexity index is 726. The normalized spacial score (nSPS) is 17.4. The van der Waals surface area contributed by atoms with Crippen LogP contribution in [0, 0.1) is 13.8 Å². The van der Waals surface area contributed by atoms with E-state index < -0.39 is 0 Å². The Balaban J connectivity index is 1.78. The molecule has 0 spiro atoms. The van der Waals surface area contributed by atoms with E-state index in [1.54, 1.807) is 0 Å². The van der Waals surface area contributed by atoms with Gasteiger partial charge in [-0.25, -0.2) is 4.98 Å². The van der Waals surface area contributed by atoms with Crippen LogP contribution in [0.15, 0.2) is 24.1 Å². The molecular weight excluding hydrogens is 310 g/mol. The first-order valence-corrected chi connectivity index (χ1v) is 8.64. The Labute approximate surface area is 140 Å². The summed E-state index contributed by atoms with van der Waals surface area (Å²) < 4.78 is 7.60. The average molecular weight is 331 g/mol. The average Bonchev–Trinajstić information content (AvgIpc) is 3.24. The van der Waals surface area contributed by atoms with Gasteiger partial charge in [-0.3, -0.25) is 10.1 Å². The van der Waals surface area contributed by atoms with E-state index in [4.69, 9.17) is 4.74 Å². The lowest BCUT2D eigenvalue weighted by Crippen LogP contribution is -2.26. The first-order chi connectivity index (χ1) is 11.1. The van der Waals surface area contributed by atoms with Crippen molar-refractivity contribution in [1.29, 1.82) is 0 Å². The van der Waals surface area contributed by atoms with Crippen LogP contribution in [0.3, 0.4) is 0 Å². The molecule has 0 bridgehead atoms. The Kier molecular flexibility index (Phi) is 4.63. The maximum absolute atomic E-state index is 12.1. The Hall–Kier alpha value is -1.92. The number of hydrogen-bond acceptors (Lipinski definition) is 4. The Morgan fingerprint density at radius 2 is 2.43 bits per heavy atom. The van der Waals surface area contributed by atoms with Gasteiger partial charge in [0.1, 0.15) is 6.10 Å². The number of allylic oxidation sites excluding steroid dienone is 1. The number of carbonyl (C=O) groups is 1. The quantitative estimate of drug-likeness (QED) is 0.853. The zero-order chi connectivity index (χ0) is 16.4. The molecule has 0 radical (unpaired) electrons. The van der Waals surface area contributed by atoms with Crippen molar-refractivity contribution in [2.24, 2.45) is 0 Å². The molecule has 0 aliphatic carbocycles. The van der Waals surface area contributed by atoms with E-state index >= 15 is 0 Å². The molecule has 5 nitrogen and oxygen atoms in total. The zero-order valence-electron chi connectivity index (χ0n) is 13.5. The maximum Gasteiger partial charge on any atom is 0.255 e. The standard InChI is InChI=1S/C17H21N3O2S/c1-4-7-20-11(2)9-13(12(20)3)14-10-23-17(18-14)19-16(21)15-6-5-8-22-15/h4,9-10,15H,1,5-8H2,2-3H3,(H,18,19,21). The monoisotopic (exact) mass is 331 g/mol. The fourth-order valence-electron chi connectivity index (χ4n) is 2.90. The van der Waals surface area contributed by atoms with Crippen LogP contribution >= 0.6 is 11.3 Å². The molecular formula is C17H21N3O2S. The van der Waals surface area contributed by atoms with Crippen LogP contribution < -0.4 is 5.32 Å². The minimum absolute atomic E-state index is 0.0967. The van der Waals surface area contributed by atoms with Gasteiger partial charge >= 0.3 is 0 Å². The predicted molar refractivity (Wildman–Crippen MR) is 92.8 cm³/mol. The number of thiazole rings is 1. The van der Waals surface area contributed by atoms with Gasteiger partial charge in [-0.2, -0.15) is 0 Å². The van der Waals surface area contributed by atoms with Crippen molar-refractivity contribution in [3.8, 4) is 11.3 Å². The van der Waals surface area contributed by atoms with Gasteiger partial charge in [0.05, 0.1) is 5.69 Å². The number of hydrogen-bond donors (Lipinski definition) is 1. The molecule has 3 heterocycles. The van der Waals surface area contributed by atoms with Crippen molar-refractivity contribution in [2.75, 3.05) is 11.9 Å². The van der Waals surface area contributed by atoms with E-state index in [1.165, 1.54) is 17.0 Å². The lowest BCUT2D eigenvalue weighted by atomic mass is 10.2.